The van der Waals surface area contributed by atoms with Crippen LogP contribution in [0.2, 0.25) is 0 Å². The summed E-state index contributed by atoms with van der Waals surface area (Å²) >= 11 is 1.50. The molecular formula is C23H22N4O3S. The van der Waals surface area contributed by atoms with E-state index >= 15 is 0 Å². The van der Waals surface area contributed by atoms with Crippen LogP contribution in [0.15, 0.2) is 67.0 Å². The van der Waals surface area contributed by atoms with E-state index in [9.17, 15) is 9.59 Å². The van der Waals surface area contributed by atoms with Gasteiger partial charge >= 0.3 is 0 Å². The molecule has 158 valence electrons. The van der Waals surface area contributed by atoms with E-state index in [4.69, 9.17) is 4.74 Å². The number of nitrogens with zero attached hydrogens (tertiary/aromatic N) is 2. The lowest BCUT2D eigenvalue weighted by molar-refractivity contribution is -0.122. The van der Waals surface area contributed by atoms with Gasteiger partial charge in [0.25, 0.3) is 5.91 Å². The van der Waals surface area contributed by atoms with Gasteiger partial charge < -0.3 is 19.9 Å². The highest BCUT2D eigenvalue weighted by Gasteiger charge is 2.18. The number of amides is 2. The number of rotatable bonds is 7. The minimum atomic E-state index is -0.685. The van der Waals surface area contributed by atoms with Crippen molar-refractivity contribution >= 4 is 33.4 Å². The Morgan fingerprint density at radius 1 is 1.13 bits per heavy atom. The van der Waals surface area contributed by atoms with Crippen molar-refractivity contribution in [2.75, 3.05) is 7.11 Å². The van der Waals surface area contributed by atoms with Crippen LogP contribution in [-0.2, 0) is 11.3 Å². The third-order valence-corrected chi connectivity index (χ3v) is 5.88. The quantitative estimate of drug-likeness (QED) is 0.466. The van der Waals surface area contributed by atoms with E-state index in [1.54, 1.807) is 26.2 Å². The molecule has 0 saturated heterocycles. The molecule has 0 spiro atoms. The van der Waals surface area contributed by atoms with Crippen molar-refractivity contribution in [2.24, 2.45) is 0 Å². The highest BCUT2D eigenvalue weighted by Crippen LogP contribution is 2.26. The first-order chi connectivity index (χ1) is 15.0. The first kappa shape index (κ1) is 20.6. The van der Waals surface area contributed by atoms with Crippen molar-refractivity contribution in [1.29, 1.82) is 0 Å². The molecule has 1 atom stereocenters. The molecule has 0 fully saturated rings. The van der Waals surface area contributed by atoms with E-state index in [1.165, 1.54) is 11.3 Å². The molecule has 4 rings (SSSR count). The molecule has 2 aromatic carbocycles. The van der Waals surface area contributed by atoms with Crippen LogP contribution in [0.4, 0.5) is 0 Å². The molecular weight excluding hydrogens is 412 g/mol. The molecule has 8 heteroatoms. The number of hydrogen-bond donors (Lipinski definition) is 2. The predicted octanol–water partition coefficient (Wildman–Crippen LogP) is 3.53. The molecule has 2 aromatic heterocycles. The summed E-state index contributed by atoms with van der Waals surface area (Å²) in [7, 11) is 1.59. The van der Waals surface area contributed by atoms with Crippen LogP contribution >= 0.6 is 11.3 Å². The Bertz CT molecular complexity index is 1220. The Hall–Kier alpha value is -3.65. The first-order valence-electron chi connectivity index (χ1n) is 9.79. The molecule has 0 aliphatic heterocycles. The van der Waals surface area contributed by atoms with Gasteiger partial charge in [-0.25, -0.2) is 4.98 Å². The largest absolute Gasteiger partial charge is 0.496 e. The number of carbonyl (C=O) groups is 2. The molecule has 0 saturated carbocycles. The standard InChI is InChI=1S/C23H22N4O3S/c1-15(21(28)24-14-17-7-3-4-8-19(17)30-2)25-22(29)16-9-10-18-20(13-16)31-23(26-18)27-11-5-6-12-27/h3-13,15H,14H2,1-2H3,(H,24,28)(H,25,29)/t15-/m0/s1. The third kappa shape index (κ3) is 4.59. The minimum absolute atomic E-state index is 0.270. The van der Waals surface area contributed by atoms with E-state index in [0.717, 1.165) is 20.9 Å². The Labute approximate surface area is 183 Å². The smallest absolute Gasteiger partial charge is 0.251 e. The summed E-state index contributed by atoms with van der Waals surface area (Å²) in [6.45, 7) is 1.98. The van der Waals surface area contributed by atoms with Gasteiger partial charge in [0.05, 0.1) is 17.3 Å². The number of ether oxygens (including phenoxy) is 1. The number of thiazole rings is 1. The van der Waals surface area contributed by atoms with E-state index in [-0.39, 0.29) is 11.8 Å². The monoisotopic (exact) mass is 434 g/mol. The zero-order valence-corrected chi connectivity index (χ0v) is 18.0. The number of benzene rings is 2. The molecule has 31 heavy (non-hydrogen) atoms. The van der Waals surface area contributed by atoms with Gasteiger partial charge in [-0.05, 0) is 43.3 Å². The second kappa shape index (κ2) is 9.01. The van der Waals surface area contributed by atoms with Gasteiger partial charge in [0.1, 0.15) is 11.8 Å². The fourth-order valence-electron chi connectivity index (χ4n) is 3.16. The van der Waals surface area contributed by atoms with Crippen molar-refractivity contribution in [3.63, 3.8) is 0 Å². The second-order valence-corrected chi connectivity index (χ2v) is 8.00. The summed E-state index contributed by atoms with van der Waals surface area (Å²) in [5.41, 5.74) is 2.18. The van der Waals surface area contributed by atoms with Crippen molar-refractivity contribution in [2.45, 2.75) is 19.5 Å². The molecule has 4 aromatic rings. The lowest BCUT2D eigenvalue weighted by Gasteiger charge is -2.15. The zero-order chi connectivity index (χ0) is 21.8. The van der Waals surface area contributed by atoms with Crippen molar-refractivity contribution in [3.05, 3.63) is 78.1 Å². The predicted molar refractivity (Wildman–Crippen MR) is 121 cm³/mol. The fourth-order valence-corrected chi connectivity index (χ4v) is 4.13. The third-order valence-electron chi connectivity index (χ3n) is 4.85. The van der Waals surface area contributed by atoms with Crippen LogP contribution in [0.3, 0.4) is 0 Å². The first-order valence-corrected chi connectivity index (χ1v) is 10.6. The number of nitrogens with one attached hydrogen (secondary N) is 2. The highest BCUT2D eigenvalue weighted by atomic mass is 32.1. The summed E-state index contributed by atoms with van der Waals surface area (Å²) < 4.78 is 8.13. The molecule has 2 heterocycles. The summed E-state index contributed by atoms with van der Waals surface area (Å²) in [6, 6.07) is 16.0. The van der Waals surface area contributed by atoms with Crippen LogP contribution in [0, 0.1) is 0 Å². The van der Waals surface area contributed by atoms with Crippen LogP contribution in [-0.4, -0.2) is 34.5 Å². The number of carbonyl (C=O) groups excluding carboxylic acids is 2. The van der Waals surface area contributed by atoms with Gasteiger partial charge in [-0.1, -0.05) is 29.5 Å². The molecule has 2 N–H and O–H groups in total. The Kier molecular flexibility index (Phi) is 5.99. The Morgan fingerprint density at radius 2 is 1.90 bits per heavy atom. The number of para-hydroxylation sites is 1. The van der Waals surface area contributed by atoms with E-state index < -0.39 is 6.04 Å². The second-order valence-electron chi connectivity index (χ2n) is 6.99. The molecule has 0 radical (unpaired) electrons. The lowest BCUT2D eigenvalue weighted by Crippen LogP contribution is -2.44. The minimum Gasteiger partial charge on any atom is -0.496 e. The fraction of sp³-hybridized carbons (Fsp3) is 0.174. The molecule has 7 nitrogen and oxygen atoms in total. The highest BCUT2D eigenvalue weighted by molar-refractivity contribution is 7.20. The molecule has 0 unspecified atom stereocenters. The average Bonchev–Trinajstić information content (AvgIpc) is 3.46. The van der Waals surface area contributed by atoms with Gasteiger partial charge in [0.2, 0.25) is 5.91 Å². The number of hydrogen-bond acceptors (Lipinski definition) is 5. The van der Waals surface area contributed by atoms with E-state index in [0.29, 0.717) is 17.9 Å². The van der Waals surface area contributed by atoms with E-state index in [1.807, 2.05) is 59.4 Å². The van der Waals surface area contributed by atoms with Crippen LogP contribution < -0.4 is 15.4 Å². The van der Waals surface area contributed by atoms with Crippen molar-refractivity contribution in [1.82, 2.24) is 20.2 Å². The Morgan fingerprint density at radius 3 is 2.68 bits per heavy atom. The van der Waals surface area contributed by atoms with E-state index in [2.05, 4.69) is 15.6 Å². The number of fused-ring (bicyclic) bond motifs is 1. The molecule has 2 amide bonds. The summed E-state index contributed by atoms with van der Waals surface area (Å²) in [5.74, 6) is 0.127. The number of aromatic nitrogens is 2. The SMILES string of the molecule is COc1ccccc1CNC(=O)[C@H](C)NC(=O)c1ccc2nc(-n3cccc3)sc2c1. The Balaban J connectivity index is 1.40. The lowest BCUT2D eigenvalue weighted by atomic mass is 10.1. The van der Waals surface area contributed by atoms with Gasteiger partial charge in [-0.2, -0.15) is 0 Å². The molecule has 0 aliphatic rings. The summed E-state index contributed by atoms with van der Waals surface area (Å²) in [5, 5.41) is 6.43. The topological polar surface area (TPSA) is 85.2 Å². The van der Waals surface area contributed by atoms with Crippen LogP contribution in [0.25, 0.3) is 15.3 Å². The molecule has 0 bridgehead atoms. The maximum Gasteiger partial charge on any atom is 0.251 e. The summed E-state index contributed by atoms with van der Waals surface area (Å²) in [6.07, 6.45) is 3.85. The van der Waals surface area contributed by atoms with Crippen molar-refractivity contribution in [3.8, 4) is 10.9 Å². The van der Waals surface area contributed by atoms with Gasteiger partial charge in [-0.3, -0.25) is 9.59 Å². The summed E-state index contributed by atoms with van der Waals surface area (Å²) in [4.78, 5) is 29.7. The molecule has 0 aliphatic carbocycles. The van der Waals surface area contributed by atoms with Crippen LogP contribution in [0.1, 0.15) is 22.8 Å². The maximum atomic E-state index is 12.7. The average molecular weight is 435 g/mol. The van der Waals surface area contributed by atoms with Crippen LogP contribution in [0.5, 0.6) is 5.75 Å². The van der Waals surface area contributed by atoms with Gasteiger partial charge in [0.15, 0.2) is 5.13 Å². The van der Waals surface area contributed by atoms with Crippen molar-refractivity contribution < 1.29 is 14.3 Å². The zero-order valence-electron chi connectivity index (χ0n) is 17.2. The van der Waals surface area contributed by atoms with Gasteiger partial charge in [-0.15, -0.1) is 0 Å². The van der Waals surface area contributed by atoms with Gasteiger partial charge in [0, 0.05) is 30.1 Å². The maximum absolute atomic E-state index is 12.7. The number of methoxy groups -OCH3 is 1. The normalized spacial score (nSPS) is 11.8.